The van der Waals surface area contributed by atoms with Crippen molar-refractivity contribution in [2.45, 2.75) is 18.9 Å². The first-order valence-corrected chi connectivity index (χ1v) is 7.77. The number of halogens is 1. The van der Waals surface area contributed by atoms with E-state index in [1.807, 2.05) is 0 Å². The van der Waals surface area contributed by atoms with Gasteiger partial charge in [0.2, 0.25) is 0 Å². The molecule has 0 saturated carbocycles. The van der Waals surface area contributed by atoms with E-state index in [1.54, 1.807) is 12.4 Å². The second kappa shape index (κ2) is 7.86. The predicted molar refractivity (Wildman–Crippen MR) is 80.2 cm³/mol. The van der Waals surface area contributed by atoms with Crippen LogP contribution < -0.4 is 10.1 Å². The largest absolute Gasteiger partial charge is 0.489 e. The Hall–Kier alpha value is -1.78. The smallest absolute Gasteiger partial charge is 0.183 e. The summed E-state index contributed by atoms with van der Waals surface area (Å²) in [5.41, 5.74) is 0.347. The highest BCUT2D eigenvalue weighted by molar-refractivity contribution is 8.13. The van der Waals surface area contributed by atoms with Crippen LogP contribution in [0.25, 0.3) is 0 Å². The Balaban J connectivity index is 2.14. The van der Waals surface area contributed by atoms with Crippen molar-refractivity contribution in [1.29, 1.82) is 5.26 Å². The highest BCUT2D eigenvalue weighted by Crippen LogP contribution is 2.30. The van der Waals surface area contributed by atoms with Crippen LogP contribution in [0, 0.1) is 17.3 Å². The van der Waals surface area contributed by atoms with Crippen LogP contribution >= 0.6 is 11.8 Å². The molecule has 5 nitrogen and oxygen atoms in total. The highest BCUT2D eigenvalue weighted by atomic mass is 32.2. The third kappa shape index (κ3) is 4.62. The van der Waals surface area contributed by atoms with Crippen molar-refractivity contribution < 1.29 is 13.9 Å². The number of hydrogen-bond donors (Lipinski definition) is 1. The Morgan fingerprint density at radius 2 is 2.52 bits per heavy atom. The van der Waals surface area contributed by atoms with Gasteiger partial charge in [-0.1, -0.05) is 11.8 Å². The number of amidine groups is 1. The molecule has 0 amide bonds. The van der Waals surface area contributed by atoms with Gasteiger partial charge in [-0.25, -0.2) is 9.38 Å². The molecule has 7 heteroatoms. The van der Waals surface area contributed by atoms with Gasteiger partial charge in [0, 0.05) is 12.7 Å². The molecule has 1 saturated heterocycles. The highest BCUT2D eigenvalue weighted by Gasteiger charge is 2.17. The number of benzene rings is 1. The van der Waals surface area contributed by atoms with Gasteiger partial charge in [0.1, 0.15) is 23.9 Å². The summed E-state index contributed by atoms with van der Waals surface area (Å²) in [6, 6.07) is 4.13. The standard InChI is InChI=1S/C14H16FN3O2S/c1-21-14(17-9-16)18-12-7-10(15)4-5-13(12)20-8-11-3-2-6-19-11/h4-5,7,11H,2-3,6,8H2,1H3,(H,17,18). The fourth-order valence-electron chi connectivity index (χ4n) is 1.94. The summed E-state index contributed by atoms with van der Waals surface area (Å²) in [7, 11) is 0. The molecule has 1 aromatic rings. The molecule has 0 spiro atoms. The van der Waals surface area contributed by atoms with Crippen molar-refractivity contribution in [3.63, 3.8) is 0 Å². The van der Waals surface area contributed by atoms with Crippen LogP contribution in [0.5, 0.6) is 5.75 Å². The normalized spacial score (nSPS) is 18.3. The molecule has 1 N–H and O–H groups in total. The number of hydrogen-bond acceptors (Lipinski definition) is 5. The van der Waals surface area contributed by atoms with Gasteiger partial charge in [-0.2, -0.15) is 5.26 Å². The summed E-state index contributed by atoms with van der Waals surface area (Å²) in [6.07, 6.45) is 5.64. The molecular formula is C14H16FN3O2S. The molecule has 0 aromatic heterocycles. The van der Waals surface area contributed by atoms with Gasteiger partial charge in [0.15, 0.2) is 11.4 Å². The number of thioether (sulfide) groups is 1. The van der Waals surface area contributed by atoms with Crippen molar-refractivity contribution in [2.75, 3.05) is 19.5 Å². The van der Waals surface area contributed by atoms with Gasteiger partial charge in [-0.15, -0.1) is 0 Å². The number of aliphatic imine (C=N–C) groups is 1. The molecule has 2 rings (SSSR count). The van der Waals surface area contributed by atoms with E-state index >= 15 is 0 Å². The second-order valence-corrected chi connectivity index (χ2v) is 5.21. The van der Waals surface area contributed by atoms with E-state index in [0.717, 1.165) is 19.4 Å². The van der Waals surface area contributed by atoms with Gasteiger partial charge in [0.05, 0.1) is 6.10 Å². The summed E-state index contributed by atoms with van der Waals surface area (Å²) in [5, 5.41) is 11.5. The second-order valence-electron chi connectivity index (χ2n) is 4.42. The Bertz CT molecular complexity index is 554. The molecule has 0 aliphatic carbocycles. The zero-order valence-corrected chi connectivity index (χ0v) is 12.5. The first kappa shape index (κ1) is 15.6. The number of rotatable bonds is 4. The SMILES string of the molecule is CSC(=Nc1cc(F)ccc1OCC1CCCO1)NC#N. The minimum Gasteiger partial charge on any atom is -0.489 e. The molecule has 1 aliphatic heterocycles. The summed E-state index contributed by atoms with van der Waals surface area (Å²) < 4.78 is 24.6. The molecule has 1 aliphatic rings. The zero-order valence-electron chi connectivity index (χ0n) is 11.6. The van der Waals surface area contributed by atoms with E-state index in [1.165, 1.54) is 30.0 Å². The summed E-state index contributed by atoms with van der Waals surface area (Å²) in [6.45, 7) is 1.17. The Labute approximate surface area is 127 Å². The number of nitrogens with one attached hydrogen (secondary N) is 1. The lowest BCUT2D eigenvalue weighted by Crippen LogP contribution is -2.16. The number of nitriles is 1. The summed E-state index contributed by atoms with van der Waals surface area (Å²) in [5.74, 6) is 0.0637. The monoisotopic (exact) mass is 309 g/mol. The Morgan fingerprint density at radius 3 is 3.19 bits per heavy atom. The van der Waals surface area contributed by atoms with Gasteiger partial charge in [0.25, 0.3) is 0 Å². The maximum atomic E-state index is 13.4. The molecule has 1 atom stereocenters. The van der Waals surface area contributed by atoms with E-state index in [4.69, 9.17) is 14.7 Å². The van der Waals surface area contributed by atoms with Crippen molar-refractivity contribution in [2.24, 2.45) is 4.99 Å². The average molecular weight is 309 g/mol. The molecule has 1 fully saturated rings. The fourth-order valence-corrected chi connectivity index (χ4v) is 2.28. The minimum atomic E-state index is -0.407. The van der Waals surface area contributed by atoms with E-state index in [9.17, 15) is 4.39 Å². The molecule has 1 aromatic carbocycles. The van der Waals surface area contributed by atoms with Crippen LogP contribution in [0.2, 0.25) is 0 Å². The maximum absolute atomic E-state index is 13.4. The molecule has 0 radical (unpaired) electrons. The third-order valence-electron chi connectivity index (χ3n) is 2.95. The fraction of sp³-hybridized carbons (Fsp3) is 0.429. The quantitative estimate of drug-likeness (QED) is 0.401. The molecule has 21 heavy (non-hydrogen) atoms. The van der Waals surface area contributed by atoms with Crippen LogP contribution in [0.3, 0.4) is 0 Å². The van der Waals surface area contributed by atoms with Crippen molar-refractivity contribution in [3.8, 4) is 11.9 Å². The van der Waals surface area contributed by atoms with E-state index in [0.29, 0.717) is 23.2 Å². The molecule has 1 unspecified atom stereocenters. The first-order valence-electron chi connectivity index (χ1n) is 6.54. The first-order chi connectivity index (χ1) is 10.2. The van der Waals surface area contributed by atoms with Crippen LogP contribution in [-0.4, -0.2) is 30.7 Å². The number of nitrogens with zero attached hydrogens (tertiary/aromatic N) is 2. The lowest BCUT2D eigenvalue weighted by Gasteiger charge is -2.13. The lowest BCUT2D eigenvalue weighted by atomic mass is 10.2. The Kier molecular flexibility index (Phi) is 5.84. The molecule has 1 heterocycles. The van der Waals surface area contributed by atoms with Gasteiger partial charge in [-0.05, 0) is 31.2 Å². The van der Waals surface area contributed by atoms with Crippen LogP contribution in [0.4, 0.5) is 10.1 Å². The van der Waals surface area contributed by atoms with Crippen LogP contribution in [0.15, 0.2) is 23.2 Å². The summed E-state index contributed by atoms with van der Waals surface area (Å²) in [4.78, 5) is 4.21. The van der Waals surface area contributed by atoms with Crippen molar-refractivity contribution in [3.05, 3.63) is 24.0 Å². The predicted octanol–water partition coefficient (Wildman–Crippen LogP) is 2.80. The van der Waals surface area contributed by atoms with Gasteiger partial charge < -0.3 is 9.47 Å². The topological polar surface area (TPSA) is 66.6 Å². The Morgan fingerprint density at radius 1 is 1.67 bits per heavy atom. The number of ether oxygens (including phenoxy) is 2. The molecular weight excluding hydrogens is 293 g/mol. The van der Waals surface area contributed by atoms with Gasteiger partial charge >= 0.3 is 0 Å². The average Bonchev–Trinajstić information content (AvgIpc) is 2.99. The summed E-state index contributed by atoms with van der Waals surface area (Å²) >= 11 is 1.26. The molecule has 0 bridgehead atoms. The van der Waals surface area contributed by atoms with E-state index in [2.05, 4.69) is 10.3 Å². The van der Waals surface area contributed by atoms with Crippen molar-refractivity contribution >= 4 is 22.6 Å². The van der Waals surface area contributed by atoms with Crippen molar-refractivity contribution in [1.82, 2.24) is 5.32 Å². The van der Waals surface area contributed by atoms with E-state index < -0.39 is 5.82 Å². The molecule has 112 valence electrons. The maximum Gasteiger partial charge on any atom is 0.183 e. The van der Waals surface area contributed by atoms with E-state index in [-0.39, 0.29) is 6.10 Å². The van der Waals surface area contributed by atoms with Crippen LogP contribution in [0.1, 0.15) is 12.8 Å². The van der Waals surface area contributed by atoms with Crippen LogP contribution in [-0.2, 0) is 4.74 Å². The minimum absolute atomic E-state index is 0.0733. The zero-order chi connectivity index (χ0) is 15.1. The van der Waals surface area contributed by atoms with Gasteiger partial charge in [-0.3, -0.25) is 5.32 Å². The lowest BCUT2D eigenvalue weighted by molar-refractivity contribution is 0.0681. The third-order valence-corrected chi connectivity index (χ3v) is 3.53.